The van der Waals surface area contributed by atoms with Crippen molar-refractivity contribution in [2.24, 2.45) is 7.05 Å². The van der Waals surface area contributed by atoms with Crippen molar-refractivity contribution in [1.82, 2.24) is 19.6 Å². The van der Waals surface area contributed by atoms with Crippen molar-refractivity contribution in [2.45, 2.75) is 6.92 Å². The molecule has 0 radical (unpaired) electrons. The molecule has 0 fully saturated rings. The normalized spacial score (nSPS) is 11.2. The zero-order valence-corrected chi connectivity index (χ0v) is 9.62. The zero-order chi connectivity index (χ0) is 12.0. The lowest BCUT2D eigenvalue weighted by Gasteiger charge is -2.02. The van der Waals surface area contributed by atoms with E-state index in [2.05, 4.69) is 10.2 Å². The minimum absolute atomic E-state index is 0.281. The molecule has 0 bridgehead atoms. The number of hydrogen-bond donors (Lipinski definition) is 1. The highest BCUT2D eigenvalue weighted by Gasteiger charge is 2.08. The molecule has 0 unspecified atom stereocenters. The van der Waals surface area contributed by atoms with Crippen LogP contribution in [0.1, 0.15) is 5.56 Å². The van der Waals surface area contributed by atoms with E-state index in [0.717, 1.165) is 22.2 Å². The maximum absolute atomic E-state index is 9.75. The molecule has 0 saturated heterocycles. The SMILES string of the molecule is Cc1cc2cnn(-c3cnn(C)c3)c2cc1O. The highest BCUT2D eigenvalue weighted by Crippen LogP contribution is 2.25. The molecule has 3 rings (SSSR count). The Bertz CT molecular complexity index is 696. The number of hydrogen-bond acceptors (Lipinski definition) is 3. The van der Waals surface area contributed by atoms with Crippen LogP contribution in [0, 0.1) is 6.92 Å². The van der Waals surface area contributed by atoms with Crippen LogP contribution < -0.4 is 0 Å². The lowest BCUT2D eigenvalue weighted by atomic mass is 10.1. The number of benzene rings is 1. The van der Waals surface area contributed by atoms with E-state index in [0.29, 0.717) is 0 Å². The predicted molar refractivity (Wildman–Crippen MR) is 64.2 cm³/mol. The lowest BCUT2D eigenvalue weighted by Crippen LogP contribution is -1.94. The van der Waals surface area contributed by atoms with Gasteiger partial charge in [0.15, 0.2) is 0 Å². The van der Waals surface area contributed by atoms with Crippen molar-refractivity contribution in [3.8, 4) is 11.4 Å². The largest absolute Gasteiger partial charge is 0.508 e. The number of phenols is 1. The van der Waals surface area contributed by atoms with Gasteiger partial charge >= 0.3 is 0 Å². The second-order valence-electron chi connectivity index (χ2n) is 4.13. The summed E-state index contributed by atoms with van der Waals surface area (Å²) in [5, 5.41) is 19.2. The van der Waals surface area contributed by atoms with Crippen molar-refractivity contribution >= 4 is 10.9 Å². The summed E-state index contributed by atoms with van der Waals surface area (Å²) in [4.78, 5) is 0. The van der Waals surface area contributed by atoms with E-state index in [1.165, 1.54) is 0 Å². The third-order valence-electron chi connectivity index (χ3n) is 2.82. The van der Waals surface area contributed by atoms with Gasteiger partial charge in [-0.3, -0.25) is 4.68 Å². The van der Waals surface area contributed by atoms with Gasteiger partial charge in [-0.15, -0.1) is 0 Å². The molecule has 0 saturated carbocycles. The summed E-state index contributed by atoms with van der Waals surface area (Å²) < 4.78 is 3.48. The van der Waals surface area contributed by atoms with Gasteiger partial charge < -0.3 is 5.11 Å². The molecule has 3 aromatic rings. The Morgan fingerprint density at radius 1 is 1.18 bits per heavy atom. The molecule has 0 atom stereocenters. The van der Waals surface area contributed by atoms with Crippen LogP contribution in [0.4, 0.5) is 0 Å². The van der Waals surface area contributed by atoms with Crippen molar-refractivity contribution in [3.63, 3.8) is 0 Å². The summed E-state index contributed by atoms with van der Waals surface area (Å²) in [6, 6.07) is 3.65. The van der Waals surface area contributed by atoms with E-state index >= 15 is 0 Å². The van der Waals surface area contributed by atoms with Gasteiger partial charge in [0, 0.05) is 18.5 Å². The molecule has 5 heteroatoms. The van der Waals surface area contributed by atoms with Crippen LogP contribution in [0.25, 0.3) is 16.6 Å². The summed E-state index contributed by atoms with van der Waals surface area (Å²) in [6.07, 6.45) is 5.40. The fourth-order valence-corrected chi connectivity index (χ4v) is 1.90. The minimum atomic E-state index is 0.281. The molecule has 5 nitrogen and oxygen atoms in total. The van der Waals surface area contributed by atoms with Crippen molar-refractivity contribution < 1.29 is 5.11 Å². The number of fused-ring (bicyclic) bond motifs is 1. The Balaban J connectivity index is 2.27. The Labute approximate surface area is 97.9 Å². The van der Waals surface area contributed by atoms with Gasteiger partial charge in [-0.25, -0.2) is 4.68 Å². The summed E-state index contributed by atoms with van der Waals surface area (Å²) in [5.41, 5.74) is 2.61. The van der Waals surface area contributed by atoms with Crippen LogP contribution in [0.3, 0.4) is 0 Å². The molecule has 1 aromatic carbocycles. The average Bonchev–Trinajstić information content (AvgIpc) is 2.86. The van der Waals surface area contributed by atoms with Gasteiger partial charge in [0.2, 0.25) is 0 Å². The molecule has 2 aromatic heterocycles. The highest BCUT2D eigenvalue weighted by molar-refractivity contribution is 5.82. The third kappa shape index (κ3) is 1.47. The monoisotopic (exact) mass is 228 g/mol. The maximum atomic E-state index is 9.75. The number of rotatable bonds is 1. The van der Waals surface area contributed by atoms with E-state index in [9.17, 15) is 5.11 Å². The van der Waals surface area contributed by atoms with E-state index < -0.39 is 0 Å². The van der Waals surface area contributed by atoms with Crippen LogP contribution >= 0.6 is 0 Å². The average molecular weight is 228 g/mol. The van der Waals surface area contributed by atoms with E-state index in [1.807, 2.05) is 26.2 Å². The molecule has 0 aliphatic heterocycles. The lowest BCUT2D eigenvalue weighted by molar-refractivity contribution is 0.472. The van der Waals surface area contributed by atoms with Crippen LogP contribution in [-0.2, 0) is 7.05 Å². The molecule has 0 spiro atoms. The van der Waals surface area contributed by atoms with Gasteiger partial charge in [0.25, 0.3) is 0 Å². The van der Waals surface area contributed by atoms with Gasteiger partial charge in [-0.1, -0.05) is 0 Å². The van der Waals surface area contributed by atoms with Gasteiger partial charge in [-0.2, -0.15) is 10.2 Å². The minimum Gasteiger partial charge on any atom is -0.508 e. The summed E-state index contributed by atoms with van der Waals surface area (Å²) in [5.74, 6) is 0.281. The number of aromatic nitrogens is 4. The smallest absolute Gasteiger partial charge is 0.120 e. The quantitative estimate of drug-likeness (QED) is 0.690. The van der Waals surface area contributed by atoms with Crippen molar-refractivity contribution in [1.29, 1.82) is 0 Å². The van der Waals surface area contributed by atoms with Gasteiger partial charge in [0.1, 0.15) is 11.4 Å². The van der Waals surface area contributed by atoms with Crippen LogP contribution in [0.2, 0.25) is 0 Å². The zero-order valence-electron chi connectivity index (χ0n) is 9.62. The van der Waals surface area contributed by atoms with Crippen molar-refractivity contribution in [2.75, 3.05) is 0 Å². The Kier molecular flexibility index (Phi) is 1.95. The molecule has 0 aliphatic carbocycles. The fourth-order valence-electron chi connectivity index (χ4n) is 1.90. The summed E-state index contributed by atoms with van der Waals surface area (Å²) >= 11 is 0. The van der Waals surface area contributed by atoms with E-state index in [1.54, 1.807) is 27.8 Å². The first kappa shape index (κ1) is 9.89. The highest BCUT2D eigenvalue weighted by atomic mass is 16.3. The molecular weight excluding hydrogens is 216 g/mol. The van der Waals surface area contributed by atoms with Gasteiger partial charge in [0.05, 0.1) is 24.1 Å². The number of aromatic hydroxyl groups is 1. The number of phenolic OH excluding ortho intramolecular Hbond substituents is 1. The van der Waals surface area contributed by atoms with Crippen LogP contribution in [0.5, 0.6) is 5.75 Å². The third-order valence-corrected chi connectivity index (χ3v) is 2.82. The van der Waals surface area contributed by atoms with E-state index in [4.69, 9.17) is 0 Å². The molecular formula is C12H12N4O. The first-order chi connectivity index (χ1) is 8.15. The Hall–Kier alpha value is -2.30. The molecule has 2 heterocycles. The predicted octanol–water partition coefficient (Wildman–Crippen LogP) is 1.77. The number of aryl methyl sites for hydroxylation is 2. The van der Waals surface area contributed by atoms with Crippen molar-refractivity contribution in [3.05, 3.63) is 36.3 Å². The second-order valence-corrected chi connectivity index (χ2v) is 4.13. The number of nitrogens with zero attached hydrogens (tertiary/aromatic N) is 4. The van der Waals surface area contributed by atoms with Crippen LogP contribution in [0.15, 0.2) is 30.7 Å². The molecule has 0 aliphatic rings. The first-order valence-electron chi connectivity index (χ1n) is 5.31. The molecule has 17 heavy (non-hydrogen) atoms. The van der Waals surface area contributed by atoms with E-state index in [-0.39, 0.29) is 5.75 Å². The Morgan fingerprint density at radius 3 is 2.71 bits per heavy atom. The van der Waals surface area contributed by atoms with Crippen LogP contribution in [-0.4, -0.2) is 24.7 Å². The van der Waals surface area contributed by atoms with Gasteiger partial charge in [-0.05, 0) is 18.6 Å². The molecule has 86 valence electrons. The topological polar surface area (TPSA) is 55.9 Å². The fraction of sp³-hybridized carbons (Fsp3) is 0.167. The molecule has 1 N–H and O–H groups in total. The second kappa shape index (κ2) is 3.35. The first-order valence-corrected chi connectivity index (χ1v) is 5.31. The standard InChI is InChI=1S/C12H12N4O/c1-8-3-9-5-14-16(11(9)4-12(8)17)10-6-13-15(2)7-10/h3-7,17H,1-2H3. The Morgan fingerprint density at radius 2 is 2.00 bits per heavy atom. The maximum Gasteiger partial charge on any atom is 0.120 e. The summed E-state index contributed by atoms with van der Waals surface area (Å²) in [6.45, 7) is 1.87. The molecule has 0 amide bonds. The summed E-state index contributed by atoms with van der Waals surface area (Å²) in [7, 11) is 1.86.